The maximum absolute atomic E-state index is 13.4. The monoisotopic (exact) mass is 582 g/mol. The number of carbonyl (C=O) groups excluding carboxylic acids is 4. The van der Waals surface area contributed by atoms with Crippen LogP contribution >= 0.6 is 0 Å². The number of hydrogen-bond acceptors (Lipinski definition) is 8. The van der Waals surface area contributed by atoms with Gasteiger partial charge < -0.3 is 18.9 Å². The minimum absolute atomic E-state index is 0.0109. The van der Waals surface area contributed by atoms with Gasteiger partial charge in [-0.2, -0.15) is 0 Å². The average Bonchev–Trinajstić information content (AvgIpc) is 3.27. The molecule has 0 N–H and O–H groups in total. The van der Waals surface area contributed by atoms with Crippen LogP contribution < -0.4 is 0 Å². The van der Waals surface area contributed by atoms with E-state index in [1.165, 1.54) is 0 Å². The van der Waals surface area contributed by atoms with Crippen LogP contribution in [0, 0.1) is 17.3 Å². The molecule has 0 amide bonds. The van der Waals surface area contributed by atoms with Crippen molar-refractivity contribution in [1.82, 2.24) is 0 Å². The van der Waals surface area contributed by atoms with Gasteiger partial charge in [0.25, 0.3) is 0 Å². The predicted octanol–water partition coefficient (Wildman–Crippen LogP) is 7.14. The van der Waals surface area contributed by atoms with Crippen molar-refractivity contribution in [2.75, 3.05) is 26.4 Å². The molecule has 0 aromatic heterocycles. The predicted molar refractivity (Wildman–Crippen MR) is 159 cm³/mol. The number of carbonyl (C=O) groups is 4. The van der Waals surface area contributed by atoms with Crippen LogP contribution in [0.25, 0.3) is 0 Å². The van der Waals surface area contributed by atoms with Crippen molar-refractivity contribution < 1.29 is 38.1 Å². The minimum atomic E-state index is -1.12. The Kier molecular flexibility index (Phi) is 19.6. The smallest absolute Gasteiger partial charge is 0.332 e. The molecule has 8 heteroatoms. The number of ketones is 1. The molecule has 8 nitrogen and oxygen atoms in total. The van der Waals surface area contributed by atoms with Crippen molar-refractivity contribution >= 4 is 23.7 Å². The van der Waals surface area contributed by atoms with Crippen molar-refractivity contribution in [3.8, 4) is 0 Å². The molecule has 0 bridgehead atoms. The summed E-state index contributed by atoms with van der Waals surface area (Å²) in [6.45, 7) is 10.5. The first-order valence-corrected chi connectivity index (χ1v) is 16.4. The summed E-state index contributed by atoms with van der Waals surface area (Å²) in [5, 5.41) is 0. The van der Waals surface area contributed by atoms with Crippen LogP contribution in [0.5, 0.6) is 0 Å². The Morgan fingerprint density at radius 2 is 1.44 bits per heavy atom. The third-order valence-electron chi connectivity index (χ3n) is 8.41. The molecule has 1 saturated carbocycles. The molecule has 1 aliphatic rings. The summed E-state index contributed by atoms with van der Waals surface area (Å²) in [5.74, 6) is -1.09. The highest BCUT2D eigenvalue weighted by Crippen LogP contribution is 2.48. The molecule has 0 radical (unpaired) electrons. The van der Waals surface area contributed by atoms with Gasteiger partial charge in [0.05, 0.1) is 31.8 Å². The zero-order chi connectivity index (χ0) is 30.5. The summed E-state index contributed by atoms with van der Waals surface area (Å²) < 4.78 is 21.8. The molecule has 0 saturated heterocycles. The van der Waals surface area contributed by atoms with Gasteiger partial charge in [-0.1, -0.05) is 65.2 Å². The average molecular weight is 583 g/mol. The molecule has 1 rings (SSSR count). The first-order valence-electron chi connectivity index (χ1n) is 16.4. The topological polar surface area (TPSA) is 105 Å². The lowest BCUT2D eigenvalue weighted by molar-refractivity contribution is -0.162. The van der Waals surface area contributed by atoms with E-state index in [0.29, 0.717) is 45.3 Å². The normalized spacial score (nSPS) is 20.0. The second-order valence-corrected chi connectivity index (χ2v) is 11.4. The number of esters is 3. The summed E-state index contributed by atoms with van der Waals surface area (Å²) in [6, 6.07) is 0. The zero-order valence-corrected chi connectivity index (χ0v) is 26.6. The summed E-state index contributed by atoms with van der Waals surface area (Å²) in [5.41, 5.74) is -1.12. The number of ether oxygens (including phenoxy) is 4. The van der Waals surface area contributed by atoms with Gasteiger partial charge in [-0.05, 0) is 71.6 Å². The van der Waals surface area contributed by atoms with Gasteiger partial charge in [0.2, 0.25) is 0 Å². The van der Waals surface area contributed by atoms with Gasteiger partial charge in [0.15, 0.2) is 0 Å². The van der Waals surface area contributed by atoms with Crippen molar-refractivity contribution in [3.63, 3.8) is 0 Å². The van der Waals surface area contributed by atoms with Gasteiger partial charge >= 0.3 is 17.9 Å². The van der Waals surface area contributed by atoms with Crippen LogP contribution in [-0.2, 0) is 38.1 Å². The Hall–Kier alpha value is -1.96. The Morgan fingerprint density at radius 3 is 2.10 bits per heavy atom. The van der Waals surface area contributed by atoms with Crippen LogP contribution in [-0.4, -0.2) is 56.2 Å². The first kappa shape index (κ1) is 37.1. The lowest BCUT2D eigenvalue weighted by Gasteiger charge is -2.33. The van der Waals surface area contributed by atoms with E-state index in [1.807, 2.05) is 6.92 Å². The molecule has 0 spiro atoms. The minimum Gasteiger partial charge on any atom is -0.466 e. The van der Waals surface area contributed by atoms with E-state index in [9.17, 15) is 19.2 Å². The van der Waals surface area contributed by atoms with E-state index < -0.39 is 11.4 Å². The summed E-state index contributed by atoms with van der Waals surface area (Å²) in [4.78, 5) is 51.0. The summed E-state index contributed by atoms with van der Waals surface area (Å²) in [6.07, 6.45) is 12.8. The highest BCUT2D eigenvalue weighted by Gasteiger charge is 2.55. The second-order valence-electron chi connectivity index (χ2n) is 11.4. The maximum Gasteiger partial charge on any atom is 0.332 e. The third kappa shape index (κ3) is 12.8. The standard InChI is InChI=1S/C33H58O8/c1-6-11-14-19-28(41-25-30(35)38-8-3)22-20-27-21-23-29(34)33(27,32(37)40-10-5)24-16-13-15-18-26(17-12-7-2)31(36)39-9-4/h26-28H,6-25H2,1-5H3. The lowest BCUT2D eigenvalue weighted by Crippen LogP contribution is -2.42. The Labute approximate surface area is 249 Å². The molecule has 4 atom stereocenters. The van der Waals surface area contributed by atoms with Crippen molar-refractivity contribution in [1.29, 1.82) is 0 Å². The highest BCUT2D eigenvalue weighted by molar-refractivity contribution is 6.05. The fourth-order valence-corrected chi connectivity index (χ4v) is 6.15. The zero-order valence-electron chi connectivity index (χ0n) is 26.6. The number of rotatable bonds is 24. The number of Topliss-reactive ketones (excluding diaryl/α,β-unsaturated/α-hetero) is 1. The van der Waals surface area contributed by atoms with Gasteiger partial charge in [-0.25, -0.2) is 4.79 Å². The second kappa shape index (κ2) is 21.7. The van der Waals surface area contributed by atoms with E-state index in [-0.39, 0.29) is 48.9 Å². The number of hydrogen-bond donors (Lipinski definition) is 0. The van der Waals surface area contributed by atoms with Gasteiger partial charge in [0, 0.05) is 6.42 Å². The SMILES string of the molecule is CCCCCC(CCC1CCC(=O)C1(CCCCCC(CCCC)C(=O)OCC)C(=O)OCC)OCC(=O)OCC. The van der Waals surface area contributed by atoms with E-state index >= 15 is 0 Å². The molecule has 0 aromatic carbocycles. The van der Waals surface area contributed by atoms with Crippen molar-refractivity contribution in [2.45, 2.75) is 143 Å². The summed E-state index contributed by atoms with van der Waals surface area (Å²) >= 11 is 0. The molecule has 0 aromatic rings. The van der Waals surface area contributed by atoms with Crippen LogP contribution in [0.4, 0.5) is 0 Å². The Morgan fingerprint density at radius 1 is 0.780 bits per heavy atom. The molecule has 1 fully saturated rings. The van der Waals surface area contributed by atoms with Gasteiger partial charge in [-0.3, -0.25) is 14.4 Å². The van der Waals surface area contributed by atoms with Gasteiger partial charge in [-0.15, -0.1) is 0 Å². The van der Waals surface area contributed by atoms with E-state index in [0.717, 1.165) is 70.6 Å². The molecule has 4 unspecified atom stereocenters. The molecule has 41 heavy (non-hydrogen) atoms. The summed E-state index contributed by atoms with van der Waals surface area (Å²) in [7, 11) is 0. The molecular weight excluding hydrogens is 524 g/mol. The molecular formula is C33H58O8. The molecule has 238 valence electrons. The van der Waals surface area contributed by atoms with E-state index in [2.05, 4.69) is 13.8 Å². The first-order chi connectivity index (χ1) is 19.8. The van der Waals surface area contributed by atoms with Crippen LogP contribution in [0.3, 0.4) is 0 Å². The third-order valence-corrected chi connectivity index (χ3v) is 8.41. The molecule has 1 aliphatic carbocycles. The lowest BCUT2D eigenvalue weighted by atomic mass is 9.71. The maximum atomic E-state index is 13.4. The van der Waals surface area contributed by atoms with Crippen LogP contribution in [0.15, 0.2) is 0 Å². The van der Waals surface area contributed by atoms with Crippen molar-refractivity contribution in [3.05, 3.63) is 0 Å². The Balaban J connectivity index is 2.87. The van der Waals surface area contributed by atoms with Crippen LogP contribution in [0.2, 0.25) is 0 Å². The quantitative estimate of drug-likeness (QED) is 0.0512. The fourth-order valence-electron chi connectivity index (χ4n) is 6.15. The van der Waals surface area contributed by atoms with E-state index in [1.54, 1.807) is 13.8 Å². The van der Waals surface area contributed by atoms with E-state index in [4.69, 9.17) is 18.9 Å². The largest absolute Gasteiger partial charge is 0.466 e. The van der Waals surface area contributed by atoms with Crippen LogP contribution in [0.1, 0.15) is 137 Å². The Bertz CT molecular complexity index is 766. The van der Waals surface area contributed by atoms with Gasteiger partial charge in [0.1, 0.15) is 17.8 Å². The molecule has 0 heterocycles. The molecule has 0 aliphatic heterocycles. The highest BCUT2D eigenvalue weighted by atomic mass is 16.6. The number of unbranched alkanes of at least 4 members (excludes halogenated alkanes) is 5. The van der Waals surface area contributed by atoms with Crippen molar-refractivity contribution in [2.24, 2.45) is 17.3 Å². The fraction of sp³-hybridized carbons (Fsp3) is 0.879.